The third kappa shape index (κ3) is 4.51. The zero-order valence-electron chi connectivity index (χ0n) is 9.87. The van der Waals surface area contributed by atoms with Crippen LogP contribution in [0, 0.1) is 0 Å². The highest BCUT2D eigenvalue weighted by Gasteiger charge is 2.27. The molecule has 0 amide bonds. The van der Waals surface area contributed by atoms with Gasteiger partial charge in [0.2, 0.25) is 0 Å². The number of para-hydroxylation sites is 1. The first kappa shape index (κ1) is 13.8. The molecule has 7 heteroatoms. The molecule has 2 aromatic rings. The van der Waals surface area contributed by atoms with Crippen molar-refractivity contribution in [1.82, 2.24) is 9.97 Å². The van der Waals surface area contributed by atoms with E-state index < -0.39 is 11.9 Å². The predicted octanol–water partition coefficient (Wildman–Crippen LogP) is 3.68. The first-order valence-electron chi connectivity index (χ1n) is 5.55. The molecule has 102 valence electrons. The Balaban J connectivity index is 1.99. The van der Waals surface area contributed by atoms with Crippen molar-refractivity contribution in [2.45, 2.75) is 17.6 Å². The number of nitrogens with zero attached hydrogens (tertiary/aromatic N) is 1. The van der Waals surface area contributed by atoms with Crippen LogP contribution in [0.1, 0.15) is 5.82 Å². The van der Waals surface area contributed by atoms with Gasteiger partial charge in [-0.3, -0.25) is 0 Å². The molecule has 0 aliphatic carbocycles. The van der Waals surface area contributed by atoms with Crippen LogP contribution in [0.5, 0.6) is 0 Å². The molecule has 1 aromatic heterocycles. The second-order valence-corrected chi connectivity index (χ2v) is 4.81. The maximum absolute atomic E-state index is 12.2. The number of hydrogen-bond donors (Lipinski definition) is 2. The van der Waals surface area contributed by atoms with Crippen LogP contribution in [0.25, 0.3) is 0 Å². The van der Waals surface area contributed by atoms with Gasteiger partial charge in [0.15, 0.2) is 0 Å². The molecule has 0 saturated carbocycles. The van der Waals surface area contributed by atoms with Gasteiger partial charge in [-0.1, -0.05) is 12.1 Å². The van der Waals surface area contributed by atoms with Crippen molar-refractivity contribution in [3.8, 4) is 0 Å². The highest BCUT2D eigenvalue weighted by atomic mass is 32.2. The van der Waals surface area contributed by atoms with Crippen LogP contribution in [0.4, 0.5) is 18.9 Å². The first-order chi connectivity index (χ1) is 9.04. The molecule has 0 unspecified atom stereocenters. The summed E-state index contributed by atoms with van der Waals surface area (Å²) in [6, 6.07) is 6.92. The van der Waals surface area contributed by atoms with Crippen LogP contribution >= 0.6 is 11.8 Å². The quantitative estimate of drug-likeness (QED) is 0.824. The number of aromatic nitrogens is 2. The second-order valence-electron chi connectivity index (χ2n) is 3.79. The molecule has 0 spiro atoms. The molecule has 0 fully saturated rings. The third-order valence-corrected chi connectivity index (χ3v) is 3.42. The number of thioether (sulfide) groups is 1. The Kier molecular flexibility index (Phi) is 4.36. The van der Waals surface area contributed by atoms with E-state index in [-0.39, 0.29) is 0 Å². The zero-order valence-corrected chi connectivity index (χ0v) is 10.7. The summed E-state index contributed by atoms with van der Waals surface area (Å²) >= 11 is 0.773. The summed E-state index contributed by atoms with van der Waals surface area (Å²) in [6.45, 7) is 0.441. The highest BCUT2D eigenvalue weighted by molar-refractivity contribution is 7.99. The molecule has 0 saturated heterocycles. The first-order valence-corrected chi connectivity index (χ1v) is 6.54. The Labute approximate surface area is 112 Å². The van der Waals surface area contributed by atoms with Gasteiger partial charge in [-0.2, -0.15) is 13.2 Å². The van der Waals surface area contributed by atoms with Crippen LogP contribution in [0.2, 0.25) is 0 Å². The Morgan fingerprint density at radius 1 is 1.26 bits per heavy atom. The lowest BCUT2D eigenvalue weighted by Crippen LogP contribution is -2.11. The number of hydrogen-bond acceptors (Lipinski definition) is 3. The highest BCUT2D eigenvalue weighted by Crippen LogP contribution is 2.32. The minimum absolute atomic E-state index is 0.441. The van der Waals surface area contributed by atoms with E-state index in [2.05, 4.69) is 15.3 Å². The topological polar surface area (TPSA) is 40.7 Å². The lowest BCUT2D eigenvalue weighted by atomic mass is 10.3. The van der Waals surface area contributed by atoms with E-state index in [9.17, 15) is 13.2 Å². The van der Waals surface area contributed by atoms with Crippen LogP contribution in [0.15, 0.2) is 41.6 Å². The fraction of sp³-hybridized carbons (Fsp3) is 0.250. The van der Waals surface area contributed by atoms with Crippen molar-refractivity contribution in [2.24, 2.45) is 0 Å². The van der Waals surface area contributed by atoms with Gasteiger partial charge < -0.3 is 10.3 Å². The smallest absolute Gasteiger partial charge is 0.377 e. The number of imidazole rings is 1. The summed E-state index contributed by atoms with van der Waals surface area (Å²) in [5.41, 5.74) is 0.674. The van der Waals surface area contributed by atoms with Gasteiger partial charge in [0, 0.05) is 23.0 Å². The maximum Gasteiger partial charge on any atom is 0.398 e. The average molecular weight is 287 g/mol. The average Bonchev–Trinajstić information content (AvgIpc) is 2.87. The molecule has 0 atom stereocenters. The van der Waals surface area contributed by atoms with E-state index in [1.165, 1.54) is 0 Å². The summed E-state index contributed by atoms with van der Waals surface area (Å²) in [5.74, 6) is -0.164. The number of rotatable bonds is 5. The van der Waals surface area contributed by atoms with Crippen LogP contribution < -0.4 is 5.32 Å². The number of alkyl halides is 3. The van der Waals surface area contributed by atoms with Crippen molar-refractivity contribution in [2.75, 3.05) is 11.1 Å². The molecular weight excluding hydrogens is 275 g/mol. The summed E-state index contributed by atoms with van der Waals surface area (Å²) in [5, 5.41) is 3.07. The van der Waals surface area contributed by atoms with Gasteiger partial charge >= 0.3 is 6.18 Å². The van der Waals surface area contributed by atoms with Crippen molar-refractivity contribution in [1.29, 1.82) is 0 Å². The molecule has 2 N–H and O–H groups in total. The Hall–Kier alpha value is -1.63. The third-order valence-electron chi connectivity index (χ3n) is 2.28. The number of aromatic amines is 1. The van der Waals surface area contributed by atoms with E-state index in [0.29, 0.717) is 17.1 Å². The van der Waals surface area contributed by atoms with Gasteiger partial charge in [0.1, 0.15) is 5.82 Å². The molecular formula is C12H12F3N3S. The molecule has 1 heterocycles. The summed E-state index contributed by atoms with van der Waals surface area (Å²) in [6.07, 6.45) is -0.846. The monoisotopic (exact) mass is 287 g/mol. The lowest BCUT2D eigenvalue weighted by Gasteiger charge is -2.11. The second kappa shape index (κ2) is 6.01. The Morgan fingerprint density at radius 2 is 2.05 bits per heavy atom. The lowest BCUT2D eigenvalue weighted by molar-refractivity contribution is -0.105. The molecule has 19 heavy (non-hydrogen) atoms. The molecule has 0 aliphatic rings. The summed E-state index contributed by atoms with van der Waals surface area (Å²) in [4.78, 5) is 7.54. The van der Waals surface area contributed by atoms with Crippen LogP contribution in [-0.2, 0) is 6.54 Å². The van der Waals surface area contributed by atoms with Gasteiger partial charge in [-0.15, -0.1) is 11.8 Å². The van der Waals surface area contributed by atoms with Gasteiger partial charge in [0.25, 0.3) is 0 Å². The van der Waals surface area contributed by atoms with Crippen molar-refractivity contribution >= 4 is 17.4 Å². The number of nitrogens with one attached hydrogen (secondary N) is 2. The molecule has 0 bridgehead atoms. The Bertz CT molecular complexity index is 511. The maximum atomic E-state index is 12.2. The van der Waals surface area contributed by atoms with Gasteiger partial charge in [0.05, 0.1) is 12.3 Å². The van der Waals surface area contributed by atoms with E-state index in [4.69, 9.17) is 0 Å². The molecule has 1 aromatic carbocycles. The van der Waals surface area contributed by atoms with Gasteiger partial charge in [-0.25, -0.2) is 4.98 Å². The Morgan fingerprint density at radius 3 is 2.74 bits per heavy atom. The summed E-state index contributed by atoms with van der Waals surface area (Å²) < 4.78 is 36.7. The van der Waals surface area contributed by atoms with E-state index in [1.54, 1.807) is 36.7 Å². The molecule has 0 aliphatic heterocycles. The minimum atomic E-state index is -4.17. The van der Waals surface area contributed by atoms with E-state index >= 15 is 0 Å². The predicted molar refractivity (Wildman–Crippen MR) is 69.1 cm³/mol. The summed E-state index contributed by atoms with van der Waals surface area (Å²) in [7, 11) is 0. The minimum Gasteiger partial charge on any atom is -0.377 e. The normalized spacial score (nSPS) is 11.5. The standard InChI is InChI=1S/C12H12F3N3S/c13-12(14,15)8-19-10-4-2-1-3-9(10)18-7-11-16-5-6-17-11/h1-6,18H,7-8H2,(H,16,17). The zero-order chi connectivity index (χ0) is 13.7. The van der Waals surface area contributed by atoms with Crippen LogP contribution in [-0.4, -0.2) is 21.9 Å². The van der Waals surface area contributed by atoms with Crippen molar-refractivity contribution in [3.05, 3.63) is 42.5 Å². The molecule has 3 nitrogen and oxygen atoms in total. The fourth-order valence-corrected chi connectivity index (χ4v) is 2.26. The number of anilines is 1. The molecule has 0 radical (unpaired) electrons. The molecule has 2 rings (SSSR count). The van der Waals surface area contributed by atoms with E-state index in [1.807, 2.05) is 0 Å². The largest absolute Gasteiger partial charge is 0.398 e. The van der Waals surface area contributed by atoms with Crippen molar-refractivity contribution in [3.63, 3.8) is 0 Å². The van der Waals surface area contributed by atoms with E-state index in [0.717, 1.165) is 17.6 Å². The van der Waals surface area contributed by atoms with Crippen LogP contribution in [0.3, 0.4) is 0 Å². The fourth-order valence-electron chi connectivity index (χ4n) is 1.47. The number of H-pyrrole nitrogens is 1. The number of benzene rings is 1. The van der Waals surface area contributed by atoms with Gasteiger partial charge in [-0.05, 0) is 12.1 Å². The SMILES string of the molecule is FC(F)(F)CSc1ccccc1NCc1ncc[nH]1. The van der Waals surface area contributed by atoms with Crippen molar-refractivity contribution < 1.29 is 13.2 Å². The number of halogens is 3.